The van der Waals surface area contributed by atoms with Gasteiger partial charge in [0, 0.05) is 16.8 Å². The number of aromatic nitrogens is 4. The van der Waals surface area contributed by atoms with Gasteiger partial charge in [0.05, 0.1) is 24.4 Å². The van der Waals surface area contributed by atoms with Crippen molar-refractivity contribution in [3.8, 4) is 11.4 Å². The van der Waals surface area contributed by atoms with Crippen molar-refractivity contribution in [3.63, 3.8) is 0 Å². The largest absolute Gasteiger partial charge is 0.342 e. The van der Waals surface area contributed by atoms with Crippen molar-refractivity contribution in [2.45, 2.75) is 11.8 Å². The van der Waals surface area contributed by atoms with Gasteiger partial charge in [-0.15, -0.1) is 10.2 Å². The highest BCUT2D eigenvalue weighted by molar-refractivity contribution is 7.99. The molecular weight excluding hydrogens is 318 g/mol. The number of rotatable bonds is 2. The van der Waals surface area contributed by atoms with Crippen molar-refractivity contribution >= 4 is 29.1 Å². The molecule has 1 aliphatic rings. The molecule has 5 nitrogen and oxygen atoms in total. The number of halogens is 1. The first kappa shape index (κ1) is 13.6. The highest BCUT2D eigenvalue weighted by Gasteiger charge is 2.22. The molecule has 4 rings (SSSR count). The average molecular weight is 330 g/mol. The molecule has 0 saturated carbocycles. The van der Waals surface area contributed by atoms with Crippen LogP contribution >= 0.6 is 23.4 Å². The molecule has 0 unspecified atom stereocenters. The molecule has 2 aromatic heterocycles. The molecule has 22 heavy (non-hydrogen) atoms. The fourth-order valence-corrected chi connectivity index (χ4v) is 3.41. The van der Waals surface area contributed by atoms with Gasteiger partial charge in [-0.25, -0.2) is 0 Å². The zero-order valence-electron chi connectivity index (χ0n) is 11.6. The summed E-state index contributed by atoms with van der Waals surface area (Å²) in [5.41, 5.74) is 2.10. The zero-order valence-corrected chi connectivity index (χ0v) is 13.1. The number of pyridine rings is 1. The van der Waals surface area contributed by atoms with Crippen LogP contribution in [-0.4, -0.2) is 25.6 Å². The van der Waals surface area contributed by atoms with Crippen molar-refractivity contribution in [3.05, 3.63) is 53.8 Å². The van der Waals surface area contributed by atoms with E-state index >= 15 is 0 Å². The summed E-state index contributed by atoms with van der Waals surface area (Å²) >= 11 is 7.63. The second-order valence-electron chi connectivity index (χ2n) is 4.91. The smallest absolute Gasteiger partial charge is 0.194 e. The molecule has 0 aliphatic carbocycles. The average Bonchev–Trinajstić information content (AvgIpc) is 2.99. The Morgan fingerprint density at radius 3 is 2.73 bits per heavy atom. The number of thioether (sulfide) groups is 1. The van der Waals surface area contributed by atoms with E-state index in [9.17, 15) is 0 Å². The molecule has 0 spiro atoms. The summed E-state index contributed by atoms with van der Waals surface area (Å²) in [6.45, 7) is 0.707. The lowest BCUT2D eigenvalue weighted by atomic mass is 10.2. The van der Waals surface area contributed by atoms with Crippen molar-refractivity contribution in [2.24, 2.45) is 0 Å². The molecule has 0 radical (unpaired) electrons. The SMILES string of the molecule is Clc1ccc(-c2nnc3n2CN(c2cccnc2)CS3)cc1. The minimum absolute atomic E-state index is 0.707. The summed E-state index contributed by atoms with van der Waals surface area (Å²) in [4.78, 5) is 6.43. The van der Waals surface area contributed by atoms with Gasteiger partial charge in [0.2, 0.25) is 0 Å². The highest BCUT2D eigenvalue weighted by atomic mass is 35.5. The van der Waals surface area contributed by atoms with Crippen LogP contribution in [0.15, 0.2) is 53.9 Å². The third-order valence-electron chi connectivity index (χ3n) is 3.49. The highest BCUT2D eigenvalue weighted by Crippen LogP contribution is 2.31. The molecule has 0 amide bonds. The molecule has 0 N–H and O–H groups in total. The Balaban J connectivity index is 1.69. The Morgan fingerprint density at radius 1 is 1.09 bits per heavy atom. The fraction of sp³-hybridized carbons (Fsp3) is 0.133. The summed E-state index contributed by atoms with van der Waals surface area (Å²) in [5.74, 6) is 1.69. The lowest BCUT2D eigenvalue weighted by molar-refractivity contribution is 0.607. The van der Waals surface area contributed by atoms with E-state index in [2.05, 4.69) is 30.7 Å². The third kappa shape index (κ3) is 2.44. The Morgan fingerprint density at radius 2 is 1.95 bits per heavy atom. The zero-order chi connectivity index (χ0) is 14.9. The van der Waals surface area contributed by atoms with Gasteiger partial charge in [-0.2, -0.15) is 0 Å². The summed E-state index contributed by atoms with van der Waals surface area (Å²) in [7, 11) is 0. The first-order valence-electron chi connectivity index (χ1n) is 6.78. The summed E-state index contributed by atoms with van der Waals surface area (Å²) in [5, 5.41) is 10.3. The normalized spacial score (nSPS) is 14.0. The Bertz CT molecular complexity index is 787. The maximum Gasteiger partial charge on any atom is 0.194 e. The van der Waals surface area contributed by atoms with Crippen molar-refractivity contribution in [1.29, 1.82) is 0 Å². The topological polar surface area (TPSA) is 46.8 Å². The van der Waals surface area contributed by atoms with Crippen LogP contribution in [-0.2, 0) is 6.67 Å². The number of benzene rings is 1. The van der Waals surface area contributed by atoms with Crippen molar-refractivity contribution < 1.29 is 0 Å². The van der Waals surface area contributed by atoms with Gasteiger partial charge in [0.15, 0.2) is 11.0 Å². The van der Waals surface area contributed by atoms with Gasteiger partial charge in [-0.1, -0.05) is 23.4 Å². The van der Waals surface area contributed by atoms with E-state index in [0.29, 0.717) is 11.7 Å². The minimum Gasteiger partial charge on any atom is -0.342 e. The molecule has 0 saturated heterocycles. The van der Waals surface area contributed by atoms with Crippen LogP contribution in [0.4, 0.5) is 5.69 Å². The second-order valence-corrected chi connectivity index (χ2v) is 6.26. The first-order chi connectivity index (χ1) is 10.8. The van der Waals surface area contributed by atoms with E-state index in [-0.39, 0.29) is 0 Å². The number of hydrogen-bond acceptors (Lipinski definition) is 5. The predicted molar refractivity (Wildman–Crippen MR) is 87.9 cm³/mol. The molecule has 110 valence electrons. The molecule has 3 heterocycles. The van der Waals surface area contributed by atoms with Gasteiger partial charge in [0.1, 0.15) is 0 Å². The molecule has 1 aromatic carbocycles. The van der Waals surface area contributed by atoms with E-state index in [4.69, 9.17) is 11.6 Å². The van der Waals surface area contributed by atoms with Crippen LogP contribution in [0, 0.1) is 0 Å². The van der Waals surface area contributed by atoms with Crippen molar-refractivity contribution in [1.82, 2.24) is 19.7 Å². The van der Waals surface area contributed by atoms with E-state index < -0.39 is 0 Å². The molecule has 3 aromatic rings. The van der Waals surface area contributed by atoms with Crippen LogP contribution in [0.1, 0.15) is 0 Å². The molecule has 7 heteroatoms. The Kier molecular flexibility index (Phi) is 3.48. The standard InChI is InChI=1S/C15H12ClN5S/c16-12-5-3-11(4-6-12)14-18-19-15-21(14)9-20(10-22-15)13-2-1-7-17-8-13/h1-8H,9-10H2. The molecule has 1 aliphatic heterocycles. The summed E-state index contributed by atoms with van der Waals surface area (Å²) in [6.07, 6.45) is 3.65. The third-order valence-corrected chi connectivity index (χ3v) is 4.74. The fourth-order valence-electron chi connectivity index (χ4n) is 2.38. The van der Waals surface area contributed by atoms with E-state index in [1.54, 1.807) is 18.0 Å². The van der Waals surface area contributed by atoms with Crippen LogP contribution in [0.25, 0.3) is 11.4 Å². The van der Waals surface area contributed by atoms with Gasteiger partial charge < -0.3 is 4.90 Å². The quantitative estimate of drug-likeness (QED) is 0.720. The predicted octanol–water partition coefficient (Wildman–Crippen LogP) is 3.52. The maximum absolute atomic E-state index is 5.96. The maximum atomic E-state index is 5.96. The molecule has 0 fully saturated rings. The van der Waals surface area contributed by atoms with Gasteiger partial charge in [-0.05, 0) is 36.4 Å². The molecular formula is C15H12ClN5S. The minimum atomic E-state index is 0.707. The second kappa shape index (κ2) is 5.62. The Labute approximate surface area is 137 Å². The number of nitrogens with zero attached hydrogens (tertiary/aromatic N) is 5. The lowest BCUT2D eigenvalue weighted by Crippen LogP contribution is -2.30. The van der Waals surface area contributed by atoms with Gasteiger partial charge in [0.25, 0.3) is 0 Å². The number of fused-ring (bicyclic) bond motifs is 1. The van der Waals surface area contributed by atoms with Crippen molar-refractivity contribution in [2.75, 3.05) is 10.8 Å². The van der Waals surface area contributed by atoms with E-state index in [0.717, 1.165) is 28.1 Å². The number of hydrogen-bond donors (Lipinski definition) is 0. The monoisotopic (exact) mass is 329 g/mol. The van der Waals surface area contributed by atoms with Crippen LogP contribution in [0.2, 0.25) is 5.02 Å². The van der Waals surface area contributed by atoms with Crippen LogP contribution in [0.5, 0.6) is 0 Å². The molecule has 0 bridgehead atoms. The van der Waals surface area contributed by atoms with Crippen LogP contribution in [0.3, 0.4) is 0 Å². The van der Waals surface area contributed by atoms with Gasteiger partial charge >= 0.3 is 0 Å². The number of anilines is 1. The van der Waals surface area contributed by atoms with Gasteiger partial charge in [-0.3, -0.25) is 9.55 Å². The van der Waals surface area contributed by atoms with Crippen LogP contribution < -0.4 is 4.90 Å². The molecule has 0 atom stereocenters. The lowest BCUT2D eigenvalue weighted by Gasteiger charge is -2.29. The van der Waals surface area contributed by atoms with E-state index in [1.165, 1.54) is 0 Å². The Hall–Kier alpha value is -2.05. The van der Waals surface area contributed by atoms with E-state index in [1.807, 2.05) is 36.5 Å². The summed E-state index contributed by atoms with van der Waals surface area (Å²) in [6, 6.07) is 11.7. The summed E-state index contributed by atoms with van der Waals surface area (Å²) < 4.78 is 2.12. The first-order valence-corrected chi connectivity index (χ1v) is 8.14.